The van der Waals surface area contributed by atoms with Gasteiger partial charge in [0, 0.05) is 37.5 Å². The second-order valence-corrected chi connectivity index (χ2v) is 10.7. The van der Waals surface area contributed by atoms with Crippen molar-refractivity contribution in [3.8, 4) is 5.75 Å². The summed E-state index contributed by atoms with van der Waals surface area (Å²) >= 11 is 0. The standard InChI is InChI=1S/C27H26F5NO4S/c1-38(35,36)25-16-21(15-24(28)22(25)18-34)37-14-6-12-33(13-11-19-7-3-2-4-8-19)17-20-9-5-10-23(26(20)29)27(30,31)32/h2-5,7-10,15-16,18H,6,11-14,17H2,1H3. The molecule has 0 aliphatic rings. The smallest absolute Gasteiger partial charge is 0.419 e. The van der Waals surface area contributed by atoms with Gasteiger partial charge < -0.3 is 4.74 Å². The summed E-state index contributed by atoms with van der Waals surface area (Å²) in [5.41, 5.74) is -1.02. The number of halogens is 5. The Labute approximate surface area is 217 Å². The van der Waals surface area contributed by atoms with Crippen molar-refractivity contribution in [3.05, 3.63) is 94.6 Å². The number of hydrogen-bond acceptors (Lipinski definition) is 5. The minimum absolute atomic E-state index is 0.00991. The molecule has 0 saturated carbocycles. The average Bonchev–Trinajstić information content (AvgIpc) is 2.85. The number of sulfone groups is 1. The summed E-state index contributed by atoms with van der Waals surface area (Å²) in [5, 5.41) is 0. The lowest BCUT2D eigenvalue weighted by Gasteiger charge is -2.23. The Morgan fingerprint density at radius 2 is 1.68 bits per heavy atom. The number of aldehydes is 1. The Kier molecular flexibility index (Phi) is 9.61. The van der Waals surface area contributed by atoms with E-state index >= 15 is 0 Å². The lowest BCUT2D eigenvalue weighted by Crippen LogP contribution is -2.28. The average molecular weight is 556 g/mol. The molecule has 0 aliphatic heterocycles. The van der Waals surface area contributed by atoms with Gasteiger partial charge in [0.2, 0.25) is 0 Å². The van der Waals surface area contributed by atoms with Crippen LogP contribution in [-0.4, -0.2) is 45.6 Å². The molecule has 0 saturated heterocycles. The van der Waals surface area contributed by atoms with E-state index in [0.29, 0.717) is 32.0 Å². The summed E-state index contributed by atoms with van der Waals surface area (Å²) in [4.78, 5) is 12.4. The molecule has 5 nitrogen and oxygen atoms in total. The second-order valence-electron chi connectivity index (χ2n) is 8.70. The fourth-order valence-corrected chi connectivity index (χ4v) is 4.79. The molecule has 0 radical (unpaired) electrons. The normalized spacial score (nSPS) is 12.1. The molecule has 0 N–H and O–H groups in total. The molecule has 0 unspecified atom stereocenters. The lowest BCUT2D eigenvalue weighted by atomic mass is 10.1. The zero-order valence-corrected chi connectivity index (χ0v) is 21.3. The Bertz CT molecular complexity index is 1360. The molecule has 11 heteroatoms. The first kappa shape index (κ1) is 29.2. The maximum absolute atomic E-state index is 14.7. The van der Waals surface area contributed by atoms with Crippen molar-refractivity contribution in [1.82, 2.24) is 4.90 Å². The Morgan fingerprint density at radius 1 is 0.974 bits per heavy atom. The van der Waals surface area contributed by atoms with Crippen molar-refractivity contribution < 1.29 is 39.9 Å². The topological polar surface area (TPSA) is 63.7 Å². The third-order valence-electron chi connectivity index (χ3n) is 5.81. The summed E-state index contributed by atoms with van der Waals surface area (Å²) in [6.07, 6.45) is -2.97. The molecule has 38 heavy (non-hydrogen) atoms. The first-order valence-electron chi connectivity index (χ1n) is 11.6. The number of hydrogen-bond donors (Lipinski definition) is 0. The molecule has 0 spiro atoms. The number of nitrogens with zero attached hydrogens (tertiary/aromatic N) is 1. The van der Waals surface area contributed by atoms with Crippen LogP contribution in [0.1, 0.15) is 33.5 Å². The summed E-state index contributed by atoms with van der Waals surface area (Å²) in [7, 11) is -3.90. The van der Waals surface area contributed by atoms with Gasteiger partial charge in [-0.15, -0.1) is 0 Å². The maximum Gasteiger partial charge on any atom is 0.419 e. The predicted molar refractivity (Wildman–Crippen MR) is 132 cm³/mol. The van der Waals surface area contributed by atoms with Crippen LogP contribution in [0, 0.1) is 11.6 Å². The van der Waals surface area contributed by atoms with Crippen LogP contribution < -0.4 is 4.74 Å². The molecule has 0 heterocycles. The number of carbonyl (C=O) groups excluding carboxylic acids is 1. The molecule has 3 rings (SSSR count). The van der Waals surface area contributed by atoms with Gasteiger partial charge in [0.25, 0.3) is 0 Å². The third-order valence-corrected chi connectivity index (χ3v) is 6.94. The number of rotatable bonds is 12. The highest BCUT2D eigenvalue weighted by atomic mass is 32.2. The molecule has 0 amide bonds. The fourth-order valence-electron chi connectivity index (χ4n) is 3.92. The molecule has 0 aliphatic carbocycles. The summed E-state index contributed by atoms with van der Waals surface area (Å²) in [6.45, 7) is 0.649. The molecular weight excluding hydrogens is 529 g/mol. The van der Waals surface area contributed by atoms with Crippen LogP contribution >= 0.6 is 0 Å². The Hall–Kier alpha value is -3.31. The van der Waals surface area contributed by atoms with E-state index < -0.39 is 43.7 Å². The molecule has 0 aromatic heterocycles. The number of ether oxygens (including phenoxy) is 1. The van der Waals surface area contributed by atoms with Crippen LogP contribution in [0.3, 0.4) is 0 Å². The van der Waals surface area contributed by atoms with Crippen LogP contribution in [0.25, 0.3) is 0 Å². The van der Waals surface area contributed by atoms with Crippen molar-refractivity contribution in [2.75, 3.05) is 26.0 Å². The van der Waals surface area contributed by atoms with Crippen LogP contribution in [-0.2, 0) is 29.0 Å². The van der Waals surface area contributed by atoms with Gasteiger partial charge in [0.05, 0.1) is 22.6 Å². The third kappa shape index (κ3) is 7.84. The highest BCUT2D eigenvalue weighted by Crippen LogP contribution is 2.32. The van der Waals surface area contributed by atoms with E-state index in [4.69, 9.17) is 4.74 Å². The molecule has 204 valence electrons. The van der Waals surface area contributed by atoms with Crippen molar-refractivity contribution in [2.45, 2.75) is 30.5 Å². The quantitative estimate of drug-likeness (QED) is 0.163. The van der Waals surface area contributed by atoms with Crippen molar-refractivity contribution in [1.29, 1.82) is 0 Å². The van der Waals surface area contributed by atoms with Gasteiger partial charge in [-0.05, 0) is 30.5 Å². The van der Waals surface area contributed by atoms with Crippen LogP contribution in [0.4, 0.5) is 22.0 Å². The van der Waals surface area contributed by atoms with E-state index in [1.54, 1.807) is 4.90 Å². The minimum Gasteiger partial charge on any atom is -0.493 e. The molecule has 0 atom stereocenters. The van der Waals surface area contributed by atoms with Crippen molar-refractivity contribution in [2.24, 2.45) is 0 Å². The highest BCUT2D eigenvalue weighted by molar-refractivity contribution is 7.90. The van der Waals surface area contributed by atoms with Gasteiger partial charge in [0.15, 0.2) is 16.1 Å². The maximum atomic E-state index is 14.7. The number of alkyl halides is 3. The number of benzene rings is 3. The van der Waals surface area contributed by atoms with Gasteiger partial charge in [-0.25, -0.2) is 17.2 Å². The lowest BCUT2D eigenvalue weighted by molar-refractivity contribution is -0.140. The number of carbonyl (C=O) groups is 1. The largest absolute Gasteiger partial charge is 0.493 e. The van der Waals surface area contributed by atoms with Crippen LogP contribution in [0.2, 0.25) is 0 Å². The molecule has 3 aromatic carbocycles. The van der Waals surface area contributed by atoms with E-state index in [0.717, 1.165) is 30.0 Å². The van der Waals surface area contributed by atoms with Crippen molar-refractivity contribution in [3.63, 3.8) is 0 Å². The fraction of sp³-hybridized carbons (Fsp3) is 0.296. The van der Waals surface area contributed by atoms with Gasteiger partial charge in [-0.2, -0.15) is 13.2 Å². The minimum atomic E-state index is -4.82. The molecule has 3 aromatic rings. The summed E-state index contributed by atoms with van der Waals surface area (Å²) in [6, 6.07) is 14.5. The molecule has 0 fully saturated rings. The van der Waals surface area contributed by atoms with E-state index in [1.807, 2.05) is 30.3 Å². The van der Waals surface area contributed by atoms with Crippen LogP contribution in [0.15, 0.2) is 65.6 Å². The summed E-state index contributed by atoms with van der Waals surface area (Å²) in [5.74, 6) is -2.45. The highest BCUT2D eigenvalue weighted by Gasteiger charge is 2.34. The zero-order valence-electron chi connectivity index (χ0n) is 20.5. The molecular formula is C27H26F5NO4S. The van der Waals surface area contributed by atoms with Gasteiger partial charge in [0.1, 0.15) is 17.4 Å². The van der Waals surface area contributed by atoms with Gasteiger partial charge in [-0.1, -0.05) is 42.5 Å². The van der Waals surface area contributed by atoms with Gasteiger partial charge >= 0.3 is 6.18 Å². The SMILES string of the molecule is CS(=O)(=O)c1cc(OCCCN(CCc2ccccc2)Cc2cccc(C(F)(F)F)c2F)cc(F)c1C=O. The Morgan fingerprint density at radius 3 is 2.32 bits per heavy atom. The predicted octanol–water partition coefficient (Wildman–Crippen LogP) is 5.71. The van der Waals surface area contributed by atoms with Gasteiger partial charge in [-0.3, -0.25) is 9.69 Å². The van der Waals surface area contributed by atoms with E-state index in [9.17, 15) is 35.2 Å². The van der Waals surface area contributed by atoms with E-state index in [-0.39, 0.29) is 30.8 Å². The molecule has 0 bridgehead atoms. The van der Waals surface area contributed by atoms with Crippen molar-refractivity contribution >= 4 is 16.1 Å². The van der Waals surface area contributed by atoms with E-state index in [1.165, 1.54) is 6.07 Å². The second kappa shape index (κ2) is 12.5. The first-order chi connectivity index (χ1) is 17.9. The monoisotopic (exact) mass is 555 g/mol. The van der Waals surface area contributed by atoms with E-state index in [2.05, 4.69) is 0 Å². The van der Waals surface area contributed by atoms with Crippen LogP contribution in [0.5, 0.6) is 5.75 Å². The zero-order chi connectivity index (χ0) is 27.9. The first-order valence-corrected chi connectivity index (χ1v) is 13.5. The Balaban J connectivity index is 1.71. The summed E-state index contributed by atoms with van der Waals surface area (Å²) < 4.78 is 97.8.